The molecule has 2 aromatic carbocycles. The molecule has 1 saturated heterocycles. The van der Waals surface area contributed by atoms with Crippen LogP contribution < -0.4 is 15.6 Å². The maximum Gasteiger partial charge on any atom is 0.295 e. The summed E-state index contributed by atoms with van der Waals surface area (Å²) in [6.07, 6.45) is 1.48. The molecule has 2 heterocycles. The van der Waals surface area contributed by atoms with Gasteiger partial charge in [-0.25, -0.2) is 4.68 Å². The second-order valence-electron chi connectivity index (χ2n) is 7.84. The lowest BCUT2D eigenvalue weighted by molar-refractivity contribution is -0.123. The normalized spacial score (nSPS) is 14.6. The Labute approximate surface area is 206 Å². The third kappa shape index (κ3) is 4.92. The van der Waals surface area contributed by atoms with Gasteiger partial charge in [0, 0.05) is 20.0 Å². The van der Waals surface area contributed by atoms with Crippen molar-refractivity contribution in [3.63, 3.8) is 0 Å². The van der Waals surface area contributed by atoms with Gasteiger partial charge in [0.1, 0.15) is 11.4 Å². The summed E-state index contributed by atoms with van der Waals surface area (Å²) >= 11 is 0.823. The van der Waals surface area contributed by atoms with Crippen molar-refractivity contribution in [2.24, 2.45) is 7.05 Å². The molecule has 1 N–H and O–H groups in total. The third-order valence-corrected chi connectivity index (χ3v) is 6.55. The Morgan fingerprint density at radius 2 is 1.83 bits per heavy atom. The lowest BCUT2D eigenvalue weighted by Crippen LogP contribution is -2.32. The van der Waals surface area contributed by atoms with E-state index in [1.807, 2.05) is 18.2 Å². The van der Waals surface area contributed by atoms with E-state index in [-0.39, 0.29) is 29.1 Å². The van der Waals surface area contributed by atoms with Crippen molar-refractivity contribution in [2.45, 2.75) is 13.3 Å². The van der Waals surface area contributed by atoms with Gasteiger partial charge in [0.25, 0.3) is 16.7 Å². The average Bonchev–Trinajstić information content (AvgIpc) is 3.24. The number of amides is 3. The summed E-state index contributed by atoms with van der Waals surface area (Å²) in [5.74, 6) is -0.290. The molecule has 1 aliphatic rings. The lowest BCUT2D eigenvalue weighted by Gasteiger charge is -2.12. The van der Waals surface area contributed by atoms with Crippen LogP contribution in [0.3, 0.4) is 0 Å². The van der Waals surface area contributed by atoms with Crippen LogP contribution >= 0.6 is 11.8 Å². The van der Waals surface area contributed by atoms with Crippen LogP contribution in [0.5, 0.6) is 5.75 Å². The number of benzene rings is 2. The van der Waals surface area contributed by atoms with Crippen molar-refractivity contribution in [3.05, 3.63) is 81.1 Å². The number of ether oxygens (including phenoxy) is 1. The monoisotopic (exact) mass is 492 g/mol. The molecule has 0 saturated carbocycles. The molecule has 35 heavy (non-hydrogen) atoms. The number of para-hydroxylation sites is 1. The van der Waals surface area contributed by atoms with E-state index in [4.69, 9.17) is 4.74 Å². The van der Waals surface area contributed by atoms with E-state index in [0.29, 0.717) is 17.1 Å². The van der Waals surface area contributed by atoms with E-state index in [0.717, 1.165) is 22.2 Å². The van der Waals surface area contributed by atoms with Crippen LogP contribution in [0.4, 0.5) is 10.5 Å². The SMILES string of the molecule is COc1cccc(C=C2SC(=O)N(CCC(=O)Nc3c(C)n(C)n(-c4ccccc4)c3=O)C2=O)c1. The number of hydrogen-bond donors (Lipinski definition) is 1. The number of thioether (sulfide) groups is 1. The van der Waals surface area contributed by atoms with Crippen molar-refractivity contribution in [1.82, 2.24) is 14.3 Å². The third-order valence-electron chi connectivity index (χ3n) is 5.65. The number of rotatable bonds is 7. The van der Waals surface area contributed by atoms with Gasteiger partial charge in [-0.3, -0.25) is 28.8 Å². The molecule has 4 rings (SSSR count). The second kappa shape index (κ2) is 10.1. The van der Waals surface area contributed by atoms with Crippen LogP contribution in [0, 0.1) is 6.92 Å². The highest BCUT2D eigenvalue weighted by molar-refractivity contribution is 8.18. The molecule has 1 fully saturated rings. The zero-order valence-corrected chi connectivity index (χ0v) is 20.3. The zero-order valence-electron chi connectivity index (χ0n) is 19.5. The highest BCUT2D eigenvalue weighted by Crippen LogP contribution is 2.32. The van der Waals surface area contributed by atoms with Crippen molar-refractivity contribution < 1.29 is 19.1 Å². The predicted molar refractivity (Wildman–Crippen MR) is 135 cm³/mol. The molecule has 3 amide bonds. The van der Waals surface area contributed by atoms with E-state index in [9.17, 15) is 19.2 Å². The standard InChI is InChI=1S/C25H24N4O5S/c1-16-22(24(32)29(27(16)2)18-9-5-4-6-10-18)26-21(30)12-13-28-23(31)20(35-25(28)33)15-17-8-7-11-19(14-17)34-3/h4-11,14-15H,12-13H2,1-3H3,(H,26,30). The largest absolute Gasteiger partial charge is 0.497 e. The van der Waals surface area contributed by atoms with Gasteiger partial charge in [0.2, 0.25) is 5.91 Å². The van der Waals surface area contributed by atoms with Gasteiger partial charge >= 0.3 is 0 Å². The summed E-state index contributed by atoms with van der Waals surface area (Å²) < 4.78 is 8.31. The smallest absolute Gasteiger partial charge is 0.295 e. The molecule has 10 heteroatoms. The average molecular weight is 493 g/mol. The number of anilines is 1. The van der Waals surface area contributed by atoms with Crippen LogP contribution in [0.15, 0.2) is 64.3 Å². The highest BCUT2D eigenvalue weighted by atomic mass is 32.2. The molecule has 9 nitrogen and oxygen atoms in total. The number of aromatic nitrogens is 2. The first-order valence-electron chi connectivity index (χ1n) is 10.8. The van der Waals surface area contributed by atoms with Gasteiger partial charge in [0.05, 0.1) is 23.4 Å². The van der Waals surface area contributed by atoms with Crippen molar-refractivity contribution in [2.75, 3.05) is 19.0 Å². The maximum absolute atomic E-state index is 13.0. The Bertz CT molecular complexity index is 1390. The topological polar surface area (TPSA) is 103 Å². The Hall–Kier alpha value is -4.05. The van der Waals surface area contributed by atoms with Crippen LogP contribution in [0.25, 0.3) is 11.8 Å². The number of hydrogen-bond acceptors (Lipinski definition) is 6. The molecule has 1 aromatic heterocycles. The first-order chi connectivity index (χ1) is 16.8. The molecule has 1 aliphatic heterocycles. The summed E-state index contributed by atoms with van der Waals surface area (Å²) in [7, 11) is 3.28. The lowest BCUT2D eigenvalue weighted by atomic mass is 10.2. The van der Waals surface area contributed by atoms with E-state index in [1.165, 1.54) is 4.68 Å². The minimum Gasteiger partial charge on any atom is -0.497 e. The van der Waals surface area contributed by atoms with Crippen molar-refractivity contribution >= 4 is 40.6 Å². The summed E-state index contributed by atoms with van der Waals surface area (Å²) in [5.41, 5.74) is 1.77. The van der Waals surface area contributed by atoms with Gasteiger partial charge in [-0.1, -0.05) is 30.3 Å². The number of nitrogens with one attached hydrogen (secondary N) is 1. The van der Waals surface area contributed by atoms with E-state index in [2.05, 4.69) is 5.32 Å². The van der Waals surface area contributed by atoms with Gasteiger partial charge < -0.3 is 10.1 Å². The number of methoxy groups -OCH3 is 1. The Morgan fingerprint density at radius 1 is 1.09 bits per heavy atom. The summed E-state index contributed by atoms with van der Waals surface area (Å²) in [4.78, 5) is 52.1. The molecule has 0 bridgehead atoms. The van der Waals surface area contributed by atoms with Gasteiger partial charge in [-0.15, -0.1) is 0 Å². The molecule has 0 atom stereocenters. The zero-order chi connectivity index (χ0) is 25.1. The fraction of sp³-hybridized carbons (Fsp3) is 0.200. The summed E-state index contributed by atoms with van der Waals surface area (Å²) in [6, 6.07) is 16.2. The fourth-order valence-electron chi connectivity index (χ4n) is 3.70. The van der Waals surface area contributed by atoms with E-state index >= 15 is 0 Å². The molecular formula is C25H24N4O5S. The Morgan fingerprint density at radius 3 is 2.54 bits per heavy atom. The van der Waals surface area contributed by atoms with Crippen LogP contribution in [0.2, 0.25) is 0 Å². The van der Waals surface area contributed by atoms with Crippen molar-refractivity contribution in [1.29, 1.82) is 0 Å². The first-order valence-corrected chi connectivity index (χ1v) is 11.6. The molecular weight excluding hydrogens is 468 g/mol. The summed E-state index contributed by atoms with van der Waals surface area (Å²) in [6.45, 7) is 1.64. The van der Waals surface area contributed by atoms with Gasteiger partial charge in [-0.05, 0) is 54.6 Å². The van der Waals surface area contributed by atoms with E-state index < -0.39 is 17.1 Å². The van der Waals surface area contributed by atoms with Crippen LogP contribution in [-0.2, 0) is 16.6 Å². The van der Waals surface area contributed by atoms with E-state index in [1.54, 1.807) is 68.2 Å². The number of carbonyl (C=O) groups excluding carboxylic acids is 3. The predicted octanol–water partition coefficient (Wildman–Crippen LogP) is 3.56. The first kappa shape index (κ1) is 24.1. The summed E-state index contributed by atoms with van der Waals surface area (Å²) in [5, 5.41) is 2.20. The molecule has 0 radical (unpaired) electrons. The molecule has 0 unspecified atom stereocenters. The molecule has 180 valence electrons. The Balaban J connectivity index is 1.44. The maximum atomic E-state index is 13.0. The Kier molecular flexibility index (Phi) is 6.92. The van der Waals surface area contributed by atoms with Gasteiger partial charge in [0.15, 0.2) is 0 Å². The number of carbonyl (C=O) groups is 3. The second-order valence-corrected chi connectivity index (χ2v) is 8.84. The number of nitrogens with zero attached hydrogens (tertiary/aromatic N) is 3. The van der Waals surface area contributed by atoms with Crippen LogP contribution in [-0.4, -0.2) is 45.0 Å². The minimum absolute atomic E-state index is 0.0926. The van der Waals surface area contributed by atoms with Gasteiger partial charge in [-0.2, -0.15) is 0 Å². The minimum atomic E-state index is -0.466. The quantitative estimate of drug-likeness (QED) is 0.506. The molecule has 0 spiro atoms. The van der Waals surface area contributed by atoms with Crippen molar-refractivity contribution in [3.8, 4) is 11.4 Å². The fourth-order valence-corrected chi connectivity index (χ4v) is 4.57. The van der Waals surface area contributed by atoms with Crippen LogP contribution in [0.1, 0.15) is 17.7 Å². The molecule has 3 aromatic rings. The number of imide groups is 1. The highest BCUT2D eigenvalue weighted by Gasteiger charge is 2.35. The molecule has 0 aliphatic carbocycles.